The maximum absolute atomic E-state index is 13.8. The number of ether oxygens (including phenoxy) is 4. The number of nitrogens with zero attached hydrogens (tertiary/aromatic N) is 18. The first-order valence-electron chi connectivity index (χ1n) is 46.3. The fourth-order valence-electron chi connectivity index (χ4n) is 20.4. The van der Waals surface area contributed by atoms with Gasteiger partial charge in [0.2, 0.25) is 23.8 Å². The van der Waals surface area contributed by atoms with Gasteiger partial charge >= 0.3 is 0 Å². The number of nitriles is 1. The molecule has 23 rings (SSSR count). The predicted molar refractivity (Wildman–Crippen MR) is 507 cm³/mol. The van der Waals surface area contributed by atoms with E-state index in [1.165, 1.54) is 17.7 Å². The van der Waals surface area contributed by atoms with E-state index >= 15 is 0 Å². The maximum Gasteiger partial charge on any atom is 0.227 e. The first kappa shape index (κ1) is 91.6. The average Bonchev–Trinajstić information content (AvgIpc) is 1.72. The number of anilines is 8. The second kappa shape index (κ2) is 41.7. The van der Waals surface area contributed by atoms with Crippen LogP contribution < -0.4 is 40.9 Å². The number of hydrogen-bond donors (Lipinski definition) is 4. The smallest absolute Gasteiger partial charge is 0.227 e. The molecular weight excluding hydrogens is 1740 g/mol. The number of pyridine rings is 1. The summed E-state index contributed by atoms with van der Waals surface area (Å²) < 4.78 is 102. The lowest BCUT2D eigenvalue weighted by atomic mass is 9.88. The van der Waals surface area contributed by atoms with Gasteiger partial charge < -0.3 is 59.8 Å². The minimum Gasteiger partial charge on any atom is -0.381 e. The Kier molecular flexibility index (Phi) is 29.2. The fraction of sp³-hybridized carbons (Fsp3) is 0.547. The monoisotopic (exact) mass is 1860 g/mol. The minimum atomic E-state index is -1.04. The van der Waals surface area contributed by atoms with Crippen molar-refractivity contribution >= 4 is 107 Å². The van der Waals surface area contributed by atoms with Gasteiger partial charge in [-0.05, 0) is 180 Å². The molecule has 6 aromatic heterocycles. The number of piperidine rings is 4. The zero-order chi connectivity index (χ0) is 87.4. The third-order valence-corrected chi connectivity index (χ3v) is 33.4. The Morgan fingerprint density at radius 1 is 0.382 bits per heavy atom. The Labute approximate surface area is 774 Å². The molecule has 3 aromatic carbocycles. The molecule has 30 nitrogen and oxygen atoms in total. The van der Waals surface area contributed by atoms with Crippen LogP contribution in [-0.2, 0) is 101 Å². The molecule has 0 radical (unpaired) electrons. The normalized spacial score (nSPS) is 22.5. The minimum absolute atomic E-state index is 0. The van der Waals surface area contributed by atoms with Gasteiger partial charge in [0.15, 0.2) is 5.65 Å². The van der Waals surface area contributed by atoms with E-state index in [0.717, 1.165) is 374 Å². The Hall–Kier alpha value is -9.87. The van der Waals surface area contributed by atoms with Crippen molar-refractivity contribution in [3.63, 3.8) is 0 Å². The number of rotatable bonds is 16. The van der Waals surface area contributed by atoms with Gasteiger partial charge in [0.25, 0.3) is 0 Å². The van der Waals surface area contributed by atoms with E-state index in [1.54, 1.807) is 12.1 Å². The summed E-state index contributed by atoms with van der Waals surface area (Å²) in [6.45, 7) is 14.0. The van der Waals surface area contributed by atoms with Gasteiger partial charge in [-0.1, -0.05) is 39.1 Å². The molecule has 8 saturated heterocycles. The molecule has 0 bridgehead atoms. The molecule has 20 heterocycles. The number of aryl methyl sites for hydroxylation is 4. The number of halogens is 2. The first-order valence-corrected chi connectivity index (χ1v) is 51.6. The number of fused-ring (bicyclic) bond motifs is 7. The van der Waals surface area contributed by atoms with Gasteiger partial charge in [0.1, 0.15) is 60.3 Å². The van der Waals surface area contributed by atoms with Gasteiger partial charge in [-0.2, -0.15) is 25.2 Å². The largest absolute Gasteiger partial charge is 0.381 e. The molecular formula is C95H118F2N22O8S4. The van der Waals surface area contributed by atoms with Crippen LogP contribution in [0.5, 0.6) is 0 Å². The topological polar surface area (TPSA) is 348 Å². The number of nitrogens with one attached hydrogen (secondary N) is 4. The third-order valence-electron chi connectivity index (χ3n) is 27.6. The highest BCUT2D eigenvalue weighted by Crippen LogP contribution is 2.41. The predicted octanol–water partition coefficient (Wildman–Crippen LogP) is 12.6. The summed E-state index contributed by atoms with van der Waals surface area (Å²) in [5.41, 5.74) is 12.9. The molecule has 4 atom stereocenters. The molecule has 14 aliphatic rings. The van der Waals surface area contributed by atoms with Gasteiger partial charge in [0.05, 0.1) is 90.7 Å². The summed E-state index contributed by atoms with van der Waals surface area (Å²) in [4.78, 5) is 60.5. The summed E-state index contributed by atoms with van der Waals surface area (Å²) in [7, 11) is -4.12. The maximum atomic E-state index is 13.8. The molecule has 14 aliphatic heterocycles. The number of hydrogen-bond acceptors (Lipinski definition) is 29. The van der Waals surface area contributed by atoms with Crippen molar-refractivity contribution in [2.45, 2.75) is 212 Å². The van der Waals surface area contributed by atoms with Crippen LogP contribution >= 0.6 is 0 Å². The van der Waals surface area contributed by atoms with E-state index in [-0.39, 0.29) is 32.5 Å². The second-order valence-electron chi connectivity index (χ2n) is 35.7. The van der Waals surface area contributed by atoms with Crippen molar-refractivity contribution in [3.05, 3.63) is 159 Å². The van der Waals surface area contributed by atoms with Crippen LogP contribution in [0.15, 0.2) is 115 Å². The SMILES string of the molecule is C.C.N#Cc1cccc(C2CCN(c3nc4c(c(NC5CCOCC5)n3)S(=O)CC4)CC2)c1.O=S1CCc2nc(N3CCC(C4=NCc5cc(F)ccc54)CC3)nc(NC3CCOCC3)c21.O=S1CCc2nc(N3CCC(C4=NCc5ccc(F)cc54)CC3)nc(NC3CCOCC3)c21.O=S1CCc2nc(N3CCC(c4nnc5ccccn45)CC3)nc(NC3CCOCC3)c21. The average molecular weight is 1860 g/mol. The lowest BCUT2D eigenvalue weighted by Gasteiger charge is -2.33. The van der Waals surface area contributed by atoms with E-state index in [0.29, 0.717) is 77.9 Å². The van der Waals surface area contributed by atoms with E-state index in [2.05, 4.69) is 67.6 Å². The number of aromatic nitrogens is 11. The first-order chi connectivity index (χ1) is 63.3. The molecule has 4 unspecified atom stereocenters. The van der Waals surface area contributed by atoms with Crippen molar-refractivity contribution in [1.82, 2.24) is 54.5 Å². The van der Waals surface area contributed by atoms with Gasteiger partial charge in [-0.3, -0.25) is 31.2 Å². The van der Waals surface area contributed by atoms with Crippen molar-refractivity contribution in [1.29, 1.82) is 5.26 Å². The second-order valence-corrected chi connectivity index (χ2v) is 41.7. The highest BCUT2D eigenvalue weighted by Gasteiger charge is 2.39. The molecule has 4 N–H and O–H groups in total. The van der Waals surface area contributed by atoms with Crippen LogP contribution in [0, 0.1) is 34.8 Å². The molecule has 0 amide bonds. The van der Waals surface area contributed by atoms with Gasteiger partial charge in [-0.25, -0.2) is 28.7 Å². The van der Waals surface area contributed by atoms with Crippen molar-refractivity contribution in [2.24, 2.45) is 21.8 Å². The van der Waals surface area contributed by atoms with Gasteiger partial charge in [-0.15, -0.1) is 10.2 Å². The number of benzene rings is 3. The van der Waals surface area contributed by atoms with E-state index in [9.17, 15) is 30.9 Å². The summed E-state index contributed by atoms with van der Waals surface area (Å²) in [6, 6.07) is 27.4. The van der Waals surface area contributed by atoms with Crippen LogP contribution in [0.1, 0.15) is 191 Å². The van der Waals surface area contributed by atoms with Crippen LogP contribution in [0.2, 0.25) is 0 Å². The van der Waals surface area contributed by atoms with Crippen LogP contribution in [0.3, 0.4) is 0 Å². The van der Waals surface area contributed by atoms with E-state index in [1.807, 2.05) is 54.7 Å². The Morgan fingerprint density at radius 3 is 1.17 bits per heavy atom. The zero-order valence-corrected chi connectivity index (χ0v) is 75.9. The molecule has 36 heteroatoms. The fourth-order valence-corrected chi connectivity index (χ4v) is 25.6. The Bertz CT molecular complexity index is 5830. The summed E-state index contributed by atoms with van der Waals surface area (Å²) >= 11 is 0. The van der Waals surface area contributed by atoms with Gasteiger partial charge in [0, 0.05) is 225 Å². The van der Waals surface area contributed by atoms with Crippen molar-refractivity contribution in [3.8, 4) is 6.07 Å². The van der Waals surface area contributed by atoms with Crippen LogP contribution in [0.25, 0.3) is 5.65 Å². The highest BCUT2D eigenvalue weighted by molar-refractivity contribution is 7.86. The van der Waals surface area contributed by atoms with E-state index < -0.39 is 43.2 Å². The molecule has 694 valence electrons. The molecule has 0 spiro atoms. The zero-order valence-electron chi connectivity index (χ0n) is 72.6. The third kappa shape index (κ3) is 20.5. The summed E-state index contributed by atoms with van der Waals surface area (Å²) in [5, 5.41) is 32.2. The molecule has 9 aromatic rings. The number of aliphatic imine (C=N–C) groups is 2. The van der Waals surface area contributed by atoms with Crippen molar-refractivity contribution < 1.29 is 44.6 Å². The summed E-state index contributed by atoms with van der Waals surface area (Å²) in [6.07, 6.45) is 20.2. The molecule has 0 saturated carbocycles. The molecule has 8 fully saturated rings. The van der Waals surface area contributed by atoms with Crippen LogP contribution in [-0.4, -0.2) is 235 Å². The lowest BCUT2D eigenvalue weighted by Crippen LogP contribution is -2.38. The summed E-state index contributed by atoms with van der Waals surface area (Å²) in [5.74, 6) is 10.6. The molecule has 0 aliphatic carbocycles. The standard InChI is InChI=1S/2C24H28FN5O2S.C23H27N5O2S.C22H27N7O2S.2CH4/c25-17-1-2-19-16(13-17)14-26-21(19)15-3-8-30(9-4-15)24-28-20-7-12-33(31)22(20)23(29-24)27-18-5-10-32-11-6-18;25-17-2-1-16-14-26-21(19(16)13-17)15-3-8-30(9-4-15)24-28-20-7-12-33(31)22(20)23(29-24)27-18-5-10-32-11-6-18;24-15-16-2-1-3-18(14-16)17-4-9-28(10-5-17)23-26-20-8-13-31(29)21(20)22(27-23)25-19-6-11-30-12-7-19;30-32-14-8-17-19(32)20(23-16-6-12-31-13-7-16)25-22(24-17)28-10-4-15(5-11-28)21-27-26-18-3-1-2-9-29(18)21;;/h2*1-2,13,15,18H,3-12,14H2,(H,27,28,29);1-3,14,17,19H,4-13H2,(H,25,26,27);1-3,9,15-16H,4-8,10-14H2,(H,23,24,25);2*1H4. The highest BCUT2D eigenvalue weighted by atomic mass is 32.2. The Morgan fingerprint density at radius 2 is 0.756 bits per heavy atom. The van der Waals surface area contributed by atoms with E-state index in [4.69, 9.17) is 68.8 Å². The van der Waals surface area contributed by atoms with Crippen molar-refractivity contribution in [2.75, 3.05) is 169 Å². The van der Waals surface area contributed by atoms with Crippen LogP contribution in [0.4, 0.5) is 55.8 Å². The molecule has 131 heavy (non-hydrogen) atoms. The lowest BCUT2D eigenvalue weighted by molar-refractivity contribution is 0.0902. The Balaban J connectivity index is 0.000000117. The quantitative estimate of drug-likeness (QED) is 0.0698.